The van der Waals surface area contributed by atoms with Crippen LogP contribution in [0.5, 0.6) is 0 Å². The van der Waals surface area contributed by atoms with E-state index in [4.69, 9.17) is 0 Å². The first-order chi connectivity index (χ1) is 5.27. The van der Waals surface area contributed by atoms with Crippen molar-refractivity contribution < 1.29 is 4.39 Å². The highest BCUT2D eigenvalue weighted by atomic mass is 79.9. The van der Waals surface area contributed by atoms with Gasteiger partial charge in [-0.1, -0.05) is 15.9 Å². The topological polar surface area (TPSA) is 12.0 Å². The van der Waals surface area contributed by atoms with E-state index in [0.29, 0.717) is 0 Å². The molecule has 1 aromatic carbocycles. The third kappa shape index (κ3) is 1.13. The van der Waals surface area contributed by atoms with Gasteiger partial charge in [-0.25, -0.2) is 4.39 Å². The van der Waals surface area contributed by atoms with Gasteiger partial charge in [-0.3, -0.25) is 0 Å². The lowest BCUT2D eigenvalue weighted by atomic mass is 10.2. The van der Waals surface area contributed by atoms with E-state index in [9.17, 15) is 4.39 Å². The highest BCUT2D eigenvalue weighted by Crippen LogP contribution is 2.30. The predicted octanol–water partition coefficient (Wildman–Crippen LogP) is 2.56. The van der Waals surface area contributed by atoms with E-state index < -0.39 is 0 Å². The van der Waals surface area contributed by atoms with Crippen molar-refractivity contribution in [3.63, 3.8) is 0 Å². The average molecular weight is 216 g/mol. The number of halogens is 2. The Bertz CT molecular complexity index is 298. The number of anilines is 1. The van der Waals surface area contributed by atoms with Crippen molar-refractivity contribution >= 4 is 21.6 Å². The van der Waals surface area contributed by atoms with Gasteiger partial charge in [0.15, 0.2) is 0 Å². The molecule has 0 bridgehead atoms. The minimum absolute atomic E-state index is 0.190. The number of hydrogen-bond acceptors (Lipinski definition) is 1. The fourth-order valence-electron chi connectivity index (χ4n) is 1.34. The molecule has 1 aliphatic rings. The molecule has 0 aromatic heterocycles. The number of benzene rings is 1. The summed E-state index contributed by atoms with van der Waals surface area (Å²) in [6.07, 6.45) is 0.982. The van der Waals surface area contributed by atoms with E-state index in [2.05, 4.69) is 21.2 Å². The predicted molar refractivity (Wildman–Crippen MR) is 46.3 cm³/mol. The van der Waals surface area contributed by atoms with Crippen LogP contribution >= 0.6 is 15.9 Å². The van der Waals surface area contributed by atoms with Crippen LogP contribution in [0.15, 0.2) is 16.6 Å². The molecule has 1 nitrogen and oxygen atoms in total. The Morgan fingerprint density at radius 1 is 1.45 bits per heavy atom. The molecule has 11 heavy (non-hydrogen) atoms. The van der Waals surface area contributed by atoms with Gasteiger partial charge >= 0.3 is 0 Å². The van der Waals surface area contributed by atoms with Crippen LogP contribution in [-0.4, -0.2) is 6.54 Å². The van der Waals surface area contributed by atoms with Crippen LogP contribution < -0.4 is 5.32 Å². The molecule has 0 aliphatic carbocycles. The van der Waals surface area contributed by atoms with Crippen molar-refractivity contribution in [2.24, 2.45) is 0 Å². The zero-order valence-corrected chi connectivity index (χ0v) is 7.41. The SMILES string of the molecule is Fc1cc(Br)c2c(c1)NCC2. The Kier molecular flexibility index (Phi) is 1.60. The van der Waals surface area contributed by atoms with Gasteiger partial charge in [0.1, 0.15) is 5.82 Å². The van der Waals surface area contributed by atoms with Crippen molar-refractivity contribution in [3.05, 3.63) is 28.0 Å². The Labute approximate surface area is 72.7 Å². The minimum Gasteiger partial charge on any atom is -0.384 e. The molecule has 0 unspecified atom stereocenters. The summed E-state index contributed by atoms with van der Waals surface area (Å²) in [6, 6.07) is 3.04. The first-order valence-electron chi connectivity index (χ1n) is 3.49. The number of fused-ring (bicyclic) bond motifs is 1. The number of hydrogen-bond donors (Lipinski definition) is 1. The second-order valence-corrected chi connectivity index (χ2v) is 3.44. The molecule has 2 rings (SSSR count). The summed E-state index contributed by atoms with van der Waals surface area (Å²) in [7, 11) is 0. The van der Waals surface area contributed by atoms with Crippen LogP contribution in [0, 0.1) is 5.82 Å². The molecule has 1 aliphatic heterocycles. The fraction of sp³-hybridized carbons (Fsp3) is 0.250. The highest BCUT2D eigenvalue weighted by Gasteiger charge is 2.13. The largest absolute Gasteiger partial charge is 0.384 e. The van der Waals surface area contributed by atoms with Crippen LogP contribution in [0.25, 0.3) is 0 Å². The monoisotopic (exact) mass is 215 g/mol. The van der Waals surface area contributed by atoms with Gasteiger partial charge in [0, 0.05) is 16.7 Å². The first-order valence-corrected chi connectivity index (χ1v) is 4.28. The lowest BCUT2D eigenvalue weighted by molar-refractivity contribution is 0.627. The standard InChI is InChI=1S/C8H7BrFN/c9-7-3-5(10)4-8-6(7)1-2-11-8/h3-4,11H,1-2H2. The molecule has 0 amide bonds. The Morgan fingerprint density at radius 2 is 2.27 bits per heavy atom. The quantitative estimate of drug-likeness (QED) is 0.702. The lowest BCUT2D eigenvalue weighted by Crippen LogP contribution is -1.90. The van der Waals surface area contributed by atoms with Gasteiger partial charge in [0.05, 0.1) is 0 Å². The Hall–Kier alpha value is -0.570. The van der Waals surface area contributed by atoms with E-state index >= 15 is 0 Å². The van der Waals surface area contributed by atoms with E-state index in [0.717, 1.165) is 23.1 Å². The van der Waals surface area contributed by atoms with Crippen molar-refractivity contribution in [1.29, 1.82) is 0 Å². The molecule has 0 saturated carbocycles. The smallest absolute Gasteiger partial charge is 0.126 e. The van der Waals surface area contributed by atoms with Crippen LogP contribution in [0.2, 0.25) is 0 Å². The summed E-state index contributed by atoms with van der Waals surface area (Å²) < 4.78 is 13.6. The van der Waals surface area contributed by atoms with Gasteiger partial charge in [-0.05, 0) is 24.1 Å². The van der Waals surface area contributed by atoms with Crippen LogP contribution in [0.3, 0.4) is 0 Å². The van der Waals surface area contributed by atoms with Gasteiger partial charge in [0.2, 0.25) is 0 Å². The Balaban J connectivity index is 2.60. The van der Waals surface area contributed by atoms with Crippen molar-refractivity contribution in [2.45, 2.75) is 6.42 Å². The summed E-state index contributed by atoms with van der Waals surface area (Å²) in [5.74, 6) is -0.190. The molecule has 1 heterocycles. The molecule has 0 radical (unpaired) electrons. The molecule has 3 heteroatoms. The van der Waals surface area contributed by atoms with Gasteiger partial charge in [-0.2, -0.15) is 0 Å². The fourth-order valence-corrected chi connectivity index (χ4v) is 1.97. The van der Waals surface area contributed by atoms with Gasteiger partial charge < -0.3 is 5.32 Å². The molecule has 1 aromatic rings. The van der Waals surface area contributed by atoms with E-state index in [1.165, 1.54) is 17.7 Å². The van der Waals surface area contributed by atoms with Crippen LogP contribution in [-0.2, 0) is 6.42 Å². The van der Waals surface area contributed by atoms with Crippen molar-refractivity contribution in [3.8, 4) is 0 Å². The van der Waals surface area contributed by atoms with Crippen LogP contribution in [0.4, 0.5) is 10.1 Å². The zero-order valence-electron chi connectivity index (χ0n) is 5.82. The van der Waals surface area contributed by atoms with Crippen LogP contribution in [0.1, 0.15) is 5.56 Å². The summed E-state index contributed by atoms with van der Waals surface area (Å²) in [5, 5.41) is 3.11. The summed E-state index contributed by atoms with van der Waals surface area (Å²) in [6.45, 7) is 0.914. The maximum Gasteiger partial charge on any atom is 0.126 e. The molecule has 0 fully saturated rings. The van der Waals surface area contributed by atoms with Gasteiger partial charge in [-0.15, -0.1) is 0 Å². The molecular weight excluding hydrogens is 209 g/mol. The van der Waals surface area contributed by atoms with Crippen molar-refractivity contribution in [1.82, 2.24) is 0 Å². The highest BCUT2D eigenvalue weighted by molar-refractivity contribution is 9.10. The second kappa shape index (κ2) is 2.48. The Morgan fingerprint density at radius 3 is 3.09 bits per heavy atom. The number of rotatable bonds is 0. The molecule has 58 valence electrons. The average Bonchev–Trinajstić information content (AvgIpc) is 2.34. The van der Waals surface area contributed by atoms with E-state index in [1.54, 1.807) is 0 Å². The normalized spacial score (nSPS) is 14.4. The maximum atomic E-state index is 12.8. The molecule has 0 spiro atoms. The molecule has 1 N–H and O–H groups in total. The van der Waals surface area contributed by atoms with Crippen molar-refractivity contribution in [2.75, 3.05) is 11.9 Å². The number of nitrogens with one attached hydrogen (secondary N) is 1. The second-order valence-electron chi connectivity index (χ2n) is 2.59. The first kappa shape index (κ1) is 7.10. The third-order valence-corrected chi connectivity index (χ3v) is 2.56. The lowest BCUT2D eigenvalue weighted by Gasteiger charge is -2.01. The minimum atomic E-state index is -0.190. The summed E-state index contributed by atoms with van der Waals surface area (Å²) in [5.41, 5.74) is 2.11. The summed E-state index contributed by atoms with van der Waals surface area (Å²) in [4.78, 5) is 0. The summed E-state index contributed by atoms with van der Waals surface area (Å²) >= 11 is 3.32. The van der Waals surface area contributed by atoms with Gasteiger partial charge in [0.25, 0.3) is 0 Å². The van der Waals surface area contributed by atoms with E-state index in [1.807, 2.05) is 0 Å². The molecule has 0 atom stereocenters. The maximum absolute atomic E-state index is 12.8. The molecular formula is C8H7BrFN. The zero-order chi connectivity index (χ0) is 7.84. The third-order valence-electron chi connectivity index (χ3n) is 1.85. The van der Waals surface area contributed by atoms with E-state index in [-0.39, 0.29) is 5.82 Å². The molecule has 0 saturated heterocycles.